The molecule has 0 unspecified atom stereocenters. The molecule has 6 rings (SSSR count). The Hall–Kier alpha value is -4.84. The lowest BCUT2D eigenvalue weighted by atomic mass is 9.99. The first kappa shape index (κ1) is 26.4. The largest absolute Gasteiger partial charge is 0.493 e. The topological polar surface area (TPSA) is 80.6 Å². The highest BCUT2D eigenvalue weighted by Gasteiger charge is 2.19. The number of hydrogen-bond donors (Lipinski definition) is 2. The third kappa shape index (κ3) is 4.97. The number of aromatic carboxylic acids is 1. The summed E-state index contributed by atoms with van der Waals surface area (Å²) in [6.45, 7) is 7.58. The number of aromatic nitrogens is 1. The summed E-state index contributed by atoms with van der Waals surface area (Å²) in [4.78, 5) is 24.9. The van der Waals surface area contributed by atoms with Crippen LogP contribution in [-0.2, 0) is 13.0 Å². The number of nitrogens with zero attached hydrogens (tertiary/aromatic N) is 1. The molecule has 0 spiro atoms. The molecule has 6 heteroatoms. The number of rotatable bonds is 7. The summed E-state index contributed by atoms with van der Waals surface area (Å²) in [5.74, 6) is -0.0962. The standard InChI is InChI=1S/C35H32N2O4/c1-21-23(3)37(20-24-8-10-25(11-9-24)29-6-4-5-7-30(29)35(39)40)32-14-12-28(19-31(21)32)34(38)36-22(2)26-13-15-33-27(18-26)16-17-41-33/h4-15,18-19,22H,16-17,20H2,1-3H3,(H,36,38)(H,39,40)/t22-/m0/s1. The van der Waals surface area contributed by atoms with Crippen molar-refractivity contribution in [1.82, 2.24) is 9.88 Å². The van der Waals surface area contributed by atoms with Crippen molar-refractivity contribution in [3.8, 4) is 16.9 Å². The maximum atomic E-state index is 13.2. The van der Waals surface area contributed by atoms with Crippen LogP contribution in [0.2, 0.25) is 0 Å². The SMILES string of the molecule is Cc1c(C)n(Cc2ccc(-c3ccccc3C(=O)O)cc2)c2ccc(C(=O)N[C@@H](C)c3ccc4c(c3)CCO4)cc12. The van der Waals surface area contributed by atoms with Crippen LogP contribution in [0.3, 0.4) is 0 Å². The van der Waals surface area contributed by atoms with Crippen LogP contribution in [0.5, 0.6) is 5.75 Å². The van der Waals surface area contributed by atoms with E-state index in [0.29, 0.717) is 29.8 Å². The third-order valence-electron chi connectivity index (χ3n) is 8.23. The molecule has 0 bridgehead atoms. The molecule has 0 saturated carbocycles. The molecule has 1 aromatic heterocycles. The molecule has 0 fully saturated rings. The van der Waals surface area contributed by atoms with Gasteiger partial charge in [0.15, 0.2) is 0 Å². The van der Waals surface area contributed by atoms with Gasteiger partial charge in [0.1, 0.15) is 5.75 Å². The molecule has 0 aliphatic carbocycles. The van der Waals surface area contributed by atoms with Crippen molar-refractivity contribution >= 4 is 22.8 Å². The van der Waals surface area contributed by atoms with Crippen molar-refractivity contribution in [2.24, 2.45) is 0 Å². The second kappa shape index (κ2) is 10.6. The monoisotopic (exact) mass is 544 g/mol. The van der Waals surface area contributed by atoms with E-state index in [1.807, 2.05) is 73.7 Å². The maximum Gasteiger partial charge on any atom is 0.336 e. The number of carboxylic acids is 1. The highest BCUT2D eigenvalue weighted by atomic mass is 16.5. The van der Waals surface area contributed by atoms with Gasteiger partial charge in [-0.1, -0.05) is 48.5 Å². The first-order valence-electron chi connectivity index (χ1n) is 13.9. The van der Waals surface area contributed by atoms with Crippen LogP contribution >= 0.6 is 0 Å². The van der Waals surface area contributed by atoms with Crippen LogP contribution in [0.1, 0.15) is 61.6 Å². The molecule has 6 nitrogen and oxygen atoms in total. The van der Waals surface area contributed by atoms with Crippen molar-refractivity contribution in [1.29, 1.82) is 0 Å². The van der Waals surface area contributed by atoms with E-state index in [2.05, 4.69) is 29.8 Å². The van der Waals surface area contributed by atoms with E-state index >= 15 is 0 Å². The number of carbonyl (C=O) groups is 2. The highest BCUT2D eigenvalue weighted by Crippen LogP contribution is 2.30. The van der Waals surface area contributed by atoms with Gasteiger partial charge >= 0.3 is 5.97 Å². The predicted octanol–water partition coefficient (Wildman–Crippen LogP) is 7.10. The summed E-state index contributed by atoms with van der Waals surface area (Å²) in [5.41, 5.74) is 9.23. The first-order valence-corrected chi connectivity index (χ1v) is 13.9. The Balaban J connectivity index is 1.22. The minimum Gasteiger partial charge on any atom is -0.493 e. The fourth-order valence-corrected chi connectivity index (χ4v) is 5.73. The number of carboxylic acid groups (broad SMARTS) is 1. The van der Waals surface area contributed by atoms with Gasteiger partial charge in [-0.05, 0) is 90.6 Å². The number of ether oxygens (including phenoxy) is 1. The molecule has 1 aliphatic heterocycles. The molecule has 4 aromatic carbocycles. The van der Waals surface area contributed by atoms with Crippen molar-refractivity contribution < 1.29 is 19.4 Å². The Morgan fingerprint density at radius 3 is 2.54 bits per heavy atom. The van der Waals surface area contributed by atoms with E-state index in [1.54, 1.807) is 12.1 Å². The van der Waals surface area contributed by atoms with Crippen LogP contribution in [-0.4, -0.2) is 28.2 Å². The fraction of sp³-hybridized carbons (Fsp3) is 0.200. The summed E-state index contributed by atoms with van der Waals surface area (Å²) in [6, 6.07) is 27.0. The predicted molar refractivity (Wildman–Crippen MR) is 161 cm³/mol. The van der Waals surface area contributed by atoms with Crippen LogP contribution in [0.15, 0.2) is 84.9 Å². The second-order valence-corrected chi connectivity index (χ2v) is 10.7. The molecule has 1 amide bonds. The lowest BCUT2D eigenvalue weighted by Gasteiger charge is -2.15. The van der Waals surface area contributed by atoms with Gasteiger partial charge in [0.05, 0.1) is 18.2 Å². The number of fused-ring (bicyclic) bond motifs is 2. The Bertz CT molecular complexity index is 1800. The number of amides is 1. The summed E-state index contributed by atoms with van der Waals surface area (Å²) >= 11 is 0. The lowest BCUT2D eigenvalue weighted by molar-refractivity contribution is 0.0697. The minimum absolute atomic E-state index is 0.0989. The van der Waals surface area contributed by atoms with Crippen molar-refractivity contribution in [2.45, 2.75) is 39.8 Å². The van der Waals surface area contributed by atoms with Gasteiger partial charge in [-0.25, -0.2) is 4.79 Å². The number of hydrogen-bond acceptors (Lipinski definition) is 3. The molecule has 206 valence electrons. The number of nitrogens with one attached hydrogen (secondary N) is 1. The Kier molecular flexibility index (Phi) is 6.83. The van der Waals surface area contributed by atoms with E-state index in [-0.39, 0.29) is 11.9 Å². The first-order chi connectivity index (χ1) is 19.8. The van der Waals surface area contributed by atoms with Crippen LogP contribution < -0.4 is 10.1 Å². The molecule has 2 heterocycles. The third-order valence-corrected chi connectivity index (χ3v) is 8.23. The average Bonchev–Trinajstić information content (AvgIpc) is 3.55. The second-order valence-electron chi connectivity index (χ2n) is 10.7. The zero-order valence-electron chi connectivity index (χ0n) is 23.4. The van der Waals surface area contributed by atoms with Crippen molar-refractivity contribution in [3.63, 3.8) is 0 Å². The highest BCUT2D eigenvalue weighted by molar-refractivity contribution is 5.99. The van der Waals surface area contributed by atoms with E-state index in [0.717, 1.165) is 51.0 Å². The van der Waals surface area contributed by atoms with Crippen LogP contribution in [0.4, 0.5) is 0 Å². The van der Waals surface area contributed by atoms with Gasteiger partial charge in [0.25, 0.3) is 5.91 Å². The number of benzene rings is 4. The maximum absolute atomic E-state index is 13.2. The Morgan fingerprint density at radius 1 is 0.976 bits per heavy atom. The molecular weight excluding hydrogens is 512 g/mol. The minimum atomic E-state index is -0.935. The molecule has 0 saturated heterocycles. The summed E-state index contributed by atoms with van der Waals surface area (Å²) in [5, 5.41) is 13.8. The van der Waals surface area contributed by atoms with E-state index in [1.165, 1.54) is 5.56 Å². The summed E-state index contributed by atoms with van der Waals surface area (Å²) in [7, 11) is 0. The lowest BCUT2D eigenvalue weighted by Crippen LogP contribution is -2.26. The Morgan fingerprint density at radius 2 is 1.76 bits per heavy atom. The Labute approximate surface area is 239 Å². The molecular formula is C35H32N2O4. The van der Waals surface area contributed by atoms with Gasteiger partial charge in [0.2, 0.25) is 0 Å². The zero-order chi connectivity index (χ0) is 28.7. The van der Waals surface area contributed by atoms with E-state index in [9.17, 15) is 14.7 Å². The van der Waals surface area contributed by atoms with Gasteiger partial charge in [0, 0.05) is 35.1 Å². The number of carbonyl (C=O) groups excluding carboxylic acids is 1. The molecule has 1 aliphatic rings. The van der Waals surface area contributed by atoms with Crippen LogP contribution in [0.25, 0.3) is 22.0 Å². The van der Waals surface area contributed by atoms with E-state index in [4.69, 9.17) is 4.74 Å². The van der Waals surface area contributed by atoms with Crippen molar-refractivity contribution in [2.75, 3.05) is 6.61 Å². The normalized spacial score (nSPS) is 13.0. The van der Waals surface area contributed by atoms with Gasteiger partial charge in [-0.3, -0.25) is 4.79 Å². The smallest absolute Gasteiger partial charge is 0.336 e. The molecule has 0 radical (unpaired) electrons. The molecule has 5 aromatic rings. The van der Waals surface area contributed by atoms with Gasteiger partial charge < -0.3 is 19.7 Å². The van der Waals surface area contributed by atoms with Crippen LogP contribution in [0, 0.1) is 13.8 Å². The van der Waals surface area contributed by atoms with Gasteiger partial charge in [-0.2, -0.15) is 0 Å². The quantitative estimate of drug-likeness (QED) is 0.229. The summed E-state index contributed by atoms with van der Waals surface area (Å²) in [6.07, 6.45) is 0.902. The van der Waals surface area contributed by atoms with E-state index < -0.39 is 5.97 Å². The summed E-state index contributed by atoms with van der Waals surface area (Å²) < 4.78 is 7.88. The molecule has 1 atom stereocenters. The van der Waals surface area contributed by atoms with Crippen molar-refractivity contribution in [3.05, 3.63) is 124 Å². The fourth-order valence-electron chi connectivity index (χ4n) is 5.73. The molecule has 41 heavy (non-hydrogen) atoms. The molecule has 2 N–H and O–H groups in total. The average molecular weight is 545 g/mol. The zero-order valence-corrected chi connectivity index (χ0v) is 23.4. The van der Waals surface area contributed by atoms with Gasteiger partial charge in [-0.15, -0.1) is 0 Å². The number of aryl methyl sites for hydroxylation is 1.